The fourth-order valence-electron chi connectivity index (χ4n) is 4.55. The number of hydrogen-bond donors (Lipinski definition) is 1. The maximum Gasteiger partial charge on any atom is 0.303 e. The fraction of sp³-hybridized carbons (Fsp3) is 0.214. The van der Waals surface area contributed by atoms with Gasteiger partial charge in [0, 0.05) is 42.3 Å². The van der Waals surface area contributed by atoms with Gasteiger partial charge in [-0.2, -0.15) is 12.7 Å². The summed E-state index contributed by atoms with van der Waals surface area (Å²) in [7, 11) is -1.96. The smallest absolute Gasteiger partial charge is 0.303 e. The minimum atomic E-state index is -3.54. The van der Waals surface area contributed by atoms with E-state index < -0.39 is 10.2 Å². The Balaban J connectivity index is 1.40. The Bertz CT molecular complexity index is 1580. The van der Waals surface area contributed by atoms with Gasteiger partial charge in [0.2, 0.25) is 0 Å². The molecule has 7 nitrogen and oxygen atoms in total. The van der Waals surface area contributed by atoms with Crippen LogP contribution in [0, 0.1) is 13.8 Å². The first kappa shape index (κ1) is 24.0. The normalized spacial score (nSPS) is 15.7. The summed E-state index contributed by atoms with van der Waals surface area (Å²) in [5.74, 6) is -0.251. The van der Waals surface area contributed by atoms with Gasteiger partial charge in [-0.15, -0.1) is 0 Å². The molecule has 0 aliphatic carbocycles. The third-order valence-corrected chi connectivity index (χ3v) is 8.54. The number of nitrogens with one attached hydrogen (secondary N) is 1. The van der Waals surface area contributed by atoms with Gasteiger partial charge in [-0.1, -0.05) is 30.3 Å². The van der Waals surface area contributed by atoms with Gasteiger partial charge in [0.25, 0.3) is 5.91 Å². The highest BCUT2D eigenvalue weighted by atomic mass is 32.2. The van der Waals surface area contributed by atoms with E-state index in [-0.39, 0.29) is 5.91 Å². The van der Waals surface area contributed by atoms with Crippen molar-refractivity contribution in [1.82, 2.24) is 9.29 Å². The van der Waals surface area contributed by atoms with Gasteiger partial charge >= 0.3 is 10.2 Å². The van der Waals surface area contributed by atoms with Crippen LogP contribution in [-0.4, -0.2) is 43.8 Å². The maximum absolute atomic E-state index is 13.1. The first-order chi connectivity index (χ1) is 17.2. The zero-order valence-corrected chi connectivity index (χ0v) is 21.3. The van der Waals surface area contributed by atoms with Crippen molar-refractivity contribution in [2.45, 2.75) is 20.3 Å². The number of pyridine rings is 1. The quantitative estimate of drug-likeness (QED) is 0.420. The average molecular weight is 501 g/mol. The van der Waals surface area contributed by atoms with E-state index in [0.717, 1.165) is 34.1 Å². The second kappa shape index (κ2) is 9.37. The van der Waals surface area contributed by atoms with Crippen molar-refractivity contribution in [3.8, 4) is 11.3 Å². The molecular formula is C28H28N4O3S. The summed E-state index contributed by atoms with van der Waals surface area (Å²) in [5, 5.41) is 4.06. The van der Waals surface area contributed by atoms with Gasteiger partial charge < -0.3 is 5.32 Å². The number of benzene rings is 3. The highest BCUT2D eigenvalue weighted by molar-refractivity contribution is 7.90. The lowest BCUT2D eigenvalue weighted by Crippen LogP contribution is -2.48. The van der Waals surface area contributed by atoms with Crippen LogP contribution in [0.3, 0.4) is 0 Å². The Labute approximate surface area is 211 Å². The van der Waals surface area contributed by atoms with E-state index in [0.29, 0.717) is 35.6 Å². The van der Waals surface area contributed by atoms with Crippen LogP contribution in [0.25, 0.3) is 22.2 Å². The molecule has 184 valence electrons. The third-order valence-electron chi connectivity index (χ3n) is 6.62. The molecule has 0 saturated carbocycles. The van der Waals surface area contributed by atoms with Crippen molar-refractivity contribution in [1.29, 1.82) is 0 Å². The van der Waals surface area contributed by atoms with E-state index in [1.165, 1.54) is 8.61 Å². The van der Waals surface area contributed by atoms with Crippen molar-refractivity contribution in [3.05, 3.63) is 89.5 Å². The lowest BCUT2D eigenvalue weighted by molar-refractivity contribution is 0.102. The predicted octanol–water partition coefficient (Wildman–Crippen LogP) is 5.16. The summed E-state index contributed by atoms with van der Waals surface area (Å²) >= 11 is 0. The summed E-state index contributed by atoms with van der Waals surface area (Å²) in [4.78, 5) is 17.9. The van der Waals surface area contributed by atoms with Crippen LogP contribution in [0.5, 0.6) is 0 Å². The van der Waals surface area contributed by atoms with Crippen LogP contribution in [0.4, 0.5) is 11.4 Å². The molecule has 36 heavy (non-hydrogen) atoms. The first-order valence-corrected chi connectivity index (χ1v) is 13.3. The van der Waals surface area contributed by atoms with E-state index in [1.807, 2.05) is 68.4 Å². The number of nitrogens with zero attached hydrogens (tertiary/aromatic N) is 3. The van der Waals surface area contributed by atoms with Crippen molar-refractivity contribution in [3.63, 3.8) is 0 Å². The zero-order chi connectivity index (χ0) is 25.4. The topological polar surface area (TPSA) is 82.6 Å². The summed E-state index contributed by atoms with van der Waals surface area (Å²) in [6.07, 6.45) is 0.749. The molecule has 1 amide bonds. The molecule has 4 aromatic rings. The summed E-state index contributed by atoms with van der Waals surface area (Å²) in [5.41, 5.74) is 6.20. The van der Waals surface area contributed by atoms with Crippen molar-refractivity contribution >= 4 is 38.4 Å². The number of anilines is 2. The SMILES string of the molecule is Cc1cc(N2CCCN(C)S2(=O)=O)ccc1C(=O)Nc1ccc(C)c(-c2ccc3ccccc3n2)c1. The molecule has 2 heterocycles. The number of hydrogen-bond acceptors (Lipinski definition) is 4. The van der Waals surface area contributed by atoms with Gasteiger partial charge in [-0.05, 0) is 73.9 Å². The van der Waals surface area contributed by atoms with Crippen LogP contribution >= 0.6 is 0 Å². The van der Waals surface area contributed by atoms with Crippen LogP contribution in [0.1, 0.15) is 27.9 Å². The van der Waals surface area contributed by atoms with Crippen LogP contribution in [0.15, 0.2) is 72.8 Å². The molecule has 3 aromatic carbocycles. The van der Waals surface area contributed by atoms with E-state index in [2.05, 4.69) is 5.32 Å². The van der Waals surface area contributed by atoms with Crippen LogP contribution < -0.4 is 9.62 Å². The number of aromatic nitrogens is 1. The van der Waals surface area contributed by atoms with Gasteiger partial charge in [0.05, 0.1) is 16.9 Å². The van der Waals surface area contributed by atoms with Gasteiger partial charge in [-0.3, -0.25) is 9.10 Å². The van der Waals surface area contributed by atoms with E-state index >= 15 is 0 Å². The number of carbonyl (C=O) groups excluding carboxylic acids is 1. The van der Waals surface area contributed by atoms with E-state index in [4.69, 9.17) is 4.98 Å². The Hall–Kier alpha value is -3.75. The number of aryl methyl sites for hydroxylation is 2. The average Bonchev–Trinajstić information content (AvgIpc) is 2.86. The maximum atomic E-state index is 13.1. The van der Waals surface area contributed by atoms with Gasteiger partial charge in [0.15, 0.2) is 0 Å². The molecule has 1 aliphatic rings. The standard InChI is InChI=1S/C28H28N4O3S/c1-19-9-11-22(18-25(19)27-14-10-21-7-4-5-8-26(21)30-27)29-28(33)24-13-12-23(17-20(24)2)32-16-6-15-31(3)36(32,34)35/h4-5,7-14,17-18H,6,15-16H2,1-3H3,(H,29,33). The second-order valence-corrected chi connectivity index (χ2v) is 11.1. The fourth-order valence-corrected chi connectivity index (χ4v) is 5.98. The number of para-hydroxylation sites is 1. The largest absolute Gasteiger partial charge is 0.322 e. The highest BCUT2D eigenvalue weighted by Crippen LogP contribution is 2.29. The Morgan fingerprint density at radius 1 is 0.917 bits per heavy atom. The number of rotatable bonds is 4. The zero-order valence-electron chi connectivity index (χ0n) is 20.5. The molecule has 1 saturated heterocycles. The monoisotopic (exact) mass is 500 g/mol. The Morgan fingerprint density at radius 3 is 2.53 bits per heavy atom. The highest BCUT2D eigenvalue weighted by Gasteiger charge is 2.31. The molecule has 0 atom stereocenters. The summed E-state index contributed by atoms with van der Waals surface area (Å²) in [6, 6.07) is 22.9. The Kier molecular flexibility index (Phi) is 6.24. The summed E-state index contributed by atoms with van der Waals surface area (Å²) < 4.78 is 28.2. The number of amides is 1. The van der Waals surface area contributed by atoms with Gasteiger partial charge in [-0.25, -0.2) is 4.98 Å². The Morgan fingerprint density at radius 2 is 1.72 bits per heavy atom. The van der Waals surface area contributed by atoms with Crippen molar-refractivity contribution in [2.75, 3.05) is 29.8 Å². The molecule has 1 fully saturated rings. The summed E-state index contributed by atoms with van der Waals surface area (Å²) in [6.45, 7) is 4.77. The lowest BCUT2D eigenvalue weighted by atomic mass is 10.0. The number of fused-ring (bicyclic) bond motifs is 1. The van der Waals surface area contributed by atoms with Crippen molar-refractivity contribution in [2.24, 2.45) is 0 Å². The third kappa shape index (κ3) is 4.45. The molecule has 1 N–H and O–H groups in total. The molecule has 1 aliphatic heterocycles. The molecule has 0 radical (unpaired) electrons. The molecule has 5 rings (SSSR count). The molecule has 1 aromatic heterocycles. The minimum Gasteiger partial charge on any atom is -0.322 e. The van der Waals surface area contributed by atoms with Crippen LogP contribution in [0.2, 0.25) is 0 Å². The number of carbonyl (C=O) groups is 1. The van der Waals surface area contributed by atoms with Crippen LogP contribution in [-0.2, 0) is 10.2 Å². The predicted molar refractivity (Wildman–Crippen MR) is 145 cm³/mol. The molecular weight excluding hydrogens is 472 g/mol. The molecule has 0 bridgehead atoms. The molecule has 8 heteroatoms. The van der Waals surface area contributed by atoms with E-state index in [1.54, 1.807) is 25.2 Å². The van der Waals surface area contributed by atoms with E-state index in [9.17, 15) is 13.2 Å². The molecule has 0 spiro atoms. The lowest BCUT2D eigenvalue weighted by Gasteiger charge is -2.34. The van der Waals surface area contributed by atoms with Crippen molar-refractivity contribution < 1.29 is 13.2 Å². The second-order valence-electron chi connectivity index (χ2n) is 9.13. The minimum absolute atomic E-state index is 0.251. The molecule has 0 unspecified atom stereocenters. The van der Waals surface area contributed by atoms with Gasteiger partial charge in [0.1, 0.15) is 0 Å². The first-order valence-electron chi connectivity index (χ1n) is 11.9.